The van der Waals surface area contributed by atoms with Crippen molar-refractivity contribution in [3.63, 3.8) is 0 Å². The molecular weight excluding hydrogens is 400 g/mol. The second-order valence-electron chi connectivity index (χ2n) is 6.07. The van der Waals surface area contributed by atoms with Crippen LogP contribution in [-0.4, -0.2) is 30.3 Å². The highest BCUT2D eigenvalue weighted by molar-refractivity contribution is 7.85. The van der Waals surface area contributed by atoms with Gasteiger partial charge < -0.3 is 5.32 Å². The van der Waals surface area contributed by atoms with E-state index in [1.54, 1.807) is 18.3 Å². The number of rotatable bonds is 5. The highest BCUT2D eigenvalue weighted by atomic mass is 32.2. The number of nitrogens with one attached hydrogen (secondary N) is 2. The molecule has 7 nitrogen and oxygen atoms in total. The van der Waals surface area contributed by atoms with Crippen molar-refractivity contribution in [3.05, 3.63) is 77.9 Å². The zero-order valence-corrected chi connectivity index (χ0v) is 15.5. The first-order valence-electron chi connectivity index (χ1n) is 8.40. The maximum Gasteiger partial charge on any atom is 0.253 e. The number of carbonyl (C=O) groups is 1. The van der Waals surface area contributed by atoms with Crippen LogP contribution in [0, 0.1) is 11.6 Å². The Bertz CT molecular complexity index is 1210. The monoisotopic (exact) mass is 413 g/mol. The largest absolute Gasteiger partial charge is 0.346 e. The average molecular weight is 413 g/mol. The van der Waals surface area contributed by atoms with E-state index in [9.17, 15) is 17.8 Å². The summed E-state index contributed by atoms with van der Waals surface area (Å²) in [4.78, 5) is 20.8. The molecule has 1 aromatic carbocycles. The molecule has 4 aromatic rings. The van der Waals surface area contributed by atoms with Crippen LogP contribution in [0.25, 0.3) is 11.0 Å². The summed E-state index contributed by atoms with van der Waals surface area (Å²) >= 11 is 0. The van der Waals surface area contributed by atoms with E-state index >= 15 is 0 Å². The molecule has 0 bridgehead atoms. The second kappa shape index (κ2) is 7.84. The van der Waals surface area contributed by atoms with Gasteiger partial charge in [0.1, 0.15) is 11.6 Å². The van der Waals surface area contributed by atoms with Crippen molar-refractivity contribution in [2.45, 2.75) is 16.3 Å². The summed E-state index contributed by atoms with van der Waals surface area (Å²) in [6, 6.07) is 7.52. The lowest BCUT2D eigenvalue weighted by Crippen LogP contribution is -2.23. The van der Waals surface area contributed by atoms with Gasteiger partial charge in [-0.1, -0.05) is 0 Å². The number of H-pyrrole nitrogens is 1. The van der Waals surface area contributed by atoms with Crippen LogP contribution < -0.4 is 5.32 Å². The maximum atomic E-state index is 13.3. The average Bonchev–Trinajstić information content (AvgIpc) is 3.19. The number of pyridine rings is 2. The minimum atomic E-state index is -1.77. The van der Waals surface area contributed by atoms with Crippen LogP contribution >= 0.6 is 0 Å². The summed E-state index contributed by atoms with van der Waals surface area (Å²) < 4.78 is 39.1. The first kappa shape index (κ1) is 18.8. The SMILES string of the molecule is O=C(NCc1ccc(S(=O)c2cc(F)cc(F)c2)cn1)c1cnc2[nH]ncc2c1. The molecule has 4 rings (SSSR count). The molecule has 0 fully saturated rings. The van der Waals surface area contributed by atoms with Crippen molar-refractivity contribution in [1.82, 2.24) is 25.5 Å². The van der Waals surface area contributed by atoms with Gasteiger partial charge in [0.2, 0.25) is 0 Å². The first-order chi connectivity index (χ1) is 14.0. The normalized spacial score (nSPS) is 12.1. The summed E-state index contributed by atoms with van der Waals surface area (Å²) in [5, 5.41) is 10.00. The summed E-state index contributed by atoms with van der Waals surface area (Å²) in [5.74, 6) is -1.93. The van der Waals surface area contributed by atoms with Crippen LogP contribution in [0.2, 0.25) is 0 Å². The van der Waals surface area contributed by atoms with E-state index in [2.05, 4.69) is 25.5 Å². The first-order valence-corrected chi connectivity index (χ1v) is 9.55. The lowest BCUT2D eigenvalue weighted by Gasteiger charge is -2.06. The molecule has 29 heavy (non-hydrogen) atoms. The number of hydrogen-bond acceptors (Lipinski definition) is 5. The van der Waals surface area contributed by atoms with E-state index < -0.39 is 22.4 Å². The predicted octanol–water partition coefficient (Wildman–Crippen LogP) is 2.73. The van der Waals surface area contributed by atoms with E-state index in [1.165, 1.54) is 18.5 Å². The molecule has 0 aliphatic heterocycles. The zero-order chi connectivity index (χ0) is 20.4. The number of hydrogen-bond donors (Lipinski definition) is 2. The minimum absolute atomic E-state index is 0.00694. The van der Waals surface area contributed by atoms with Gasteiger partial charge in [-0.2, -0.15) is 5.10 Å². The Kier molecular flexibility index (Phi) is 5.09. The fourth-order valence-electron chi connectivity index (χ4n) is 2.63. The number of aromatic amines is 1. The highest BCUT2D eigenvalue weighted by Crippen LogP contribution is 2.18. The van der Waals surface area contributed by atoms with Gasteiger partial charge in [-0.25, -0.2) is 18.0 Å². The second-order valence-corrected chi connectivity index (χ2v) is 7.55. The molecule has 3 aromatic heterocycles. The van der Waals surface area contributed by atoms with Gasteiger partial charge in [0.15, 0.2) is 5.65 Å². The van der Waals surface area contributed by atoms with Crippen LogP contribution in [0.1, 0.15) is 16.1 Å². The van der Waals surface area contributed by atoms with E-state index in [4.69, 9.17) is 0 Å². The molecule has 146 valence electrons. The van der Waals surface area contributed by atoms with Crippen molar-refractivity contribution >= 4 is 27.7 Å². The molecule has 0 saturated heterocycles. The third-order valence-corrected chi connectivity index (χ3v) is 5.38. The predicted molar refractivity (Wildman–Crippen MR) is 100 cm³/mol. The number of nitrogens with zero attached hydrogens (tertiary/aromatic N) is 3. The number of amides is 1. The van der Waals surface area contributed by atoms with Gasteiger partial charge in [-0.15, -0.1) is 0 Å². The summed E-state index contributed by atoms with van der Waals surface area (Å²) in [5.41, 5.74) is 1.50. The van der Waals surface area contributed by atoms with Crippen molar-refractivity contribution in [3.8, 4) is 0 Å². The van der Waals surface area contributed by atoms with E-state index in [1.807, 2.05) is 0 Å². The number of aromatic nitrogens is 4. The van der Waals surface area contributed by atoms with E-state index in [0.717, 1.165) is 17.5 Å². The number of halogens is 2. The lowest BCUT2D eigenvalue weighted by molar-refractivity contribution is 0.0950. The molecule has 1 amide bonds. The quantitative estimate of drug-likeness (QED) is 0.524. The van der Waals surface area contributed by atoms with Crippen LogP contribution in [0.4, 0.5) is 8.78 Å². The number of carbonyl (C=O) groups excluding carboxylic acids is 1. The highest BCUT2D eigenvalue weighted by Gasteiger charge is 2.12. The van der Waals surface area contributed by atoms with Gasteiger partial charge in [0.25, 0.3) is 5.91 Å². The van der Waals surface area contributed by atoms with Gasteiger partial charge >= 0.3 is 0 Å². The van der Waals surface area contributed by atoms with E-state index in [0.29, 0.717) is 27.9 Å². The van der Waals surface area contributed by atoms with Crippen molar-refractivity contribution in [1.29, 1.82) is 0 Å². The third kappa shape index (κ3) is 4.16. The van der Waals surface area contributed by atoms with Crippen LogP contribution in [0.3, 0.4) is 0 Å². The molecule has 0 aliphatic rings. The Balaban J connectivity index is 1.42. The van der Waals surface area contributed by atoms with Crippen LogP contribution in [-0.2, 0) is 17.3 Å². The lowest BCUT2D eigenvalue weighted by atomic mass is 10.2. The Hall–Kier alpha value is -3.53. The molecule has 0 saturated carbocycles. The summed E-state index contributed by atoms with van der Waals surface area (Å²) in [6.45, 7) is 0.143. The molecule has 1 unspecified atom stereocenters. The molecule has 0 spiro atoms. The number of fused-ring (bicyclic) bond motifs is 1. The molecule has 2 N–H and O–H groups in total. The summed E-state index contributed by atoms with van der Waals surface area (Å²) in [7, 11) is -1.77. The molecule has 0 radical (unpaired) electrons. The van der Waals surface area contributed by atoms with Crippen LogP contribution in [0.15, 0.2) is 64.8 Å². The molecule has 1 atom stereocenters. The topological polar surface area (TPSA) is 101 Å². The Morgan fingerprint density at radius 2 is 1.79 bits per heavy atom. The van der Waals surface area contributed by atoms with Crippen molar-refractivity contribution in [2.24, 2.45) is 0 Å². The number of benzene rings is 1. The smallest absolute Gasteiger partial charge is 0.253 e. The molecule has 3 heterocycles. The minimum Gasteiger partial charge on any atom is -0.346 e. The molecular formula is C19H13F2N5O2S. The van der Waals surface area contributed by atoms with Gasteiger partial charge in [-0.3, -0.25) is 14.9 Å². The Morgan fingerprint density at radius 3 is 2.52 bits per heavy atom. The van der Waals surface area contributed by atoms with Crippen molar-refractivity contribution < 1.29 is 17.8 Å². The van der Waals surface area contributed by atoms with Crippen LogP contribution in [0.5, 0.6) is 0 Å². The summed E-state index contributed by atoms with van der Waals surface area (Å²) in [6.07, 6.45) is 4.36. The zero-order valence-electron chi connectivity index (χ0n) is 14.7. The van der Waals surface area contributed by atoms with E-state index in [-0.39, 0.29) is 17.3 Å². The fraction of sp³-hybridized carbons (Fsp3) is 0.0526. The molecule has 10 heteroatoms. The fourth-order valence-corrected chi connectivity index (χ4v) is 3.68. The van der Waals surface area contributed by atoms with Gasteiger partial charge in [0.05, 0.1) is 39.7 Å². The standard InChI is InChI=1S/C19H13F2N5O2S/c20-13-4-14(21)6-17(5-13)29(28)16-2-1-15(22-10-16)9-24-19(27)12-3-11-8-25-26-18(11)23-7-12/h1-8,10H,9H2,(H,24,27)(H,23,25,26). The Morgan fingerprint density at radius 1 is 1.00 bits per heavy atom. The third-order valence-electron chi connectivity index (χ3n) is 4.05. The van der Waals surface area contributed by atoms with Crippen molar-refractivity contribution in [2.75, 3.05) is 0 Å². The Labute approximate surface area is 165 Å². The molecule has 0 aliphatic carbocycles. The maximum absolute atomic E-state index is 13.3. The van der Waals surface area contributed by atoms with Gasteiger partial charge in [0, 0.05) is 28.7 Å². The van der Waals surface area contributed by atoms with Gasteiger partial charge in [-0.05, 0) is 30.3 Å².